The Kier molecular flexibility index (Phi) is 14.1. The lowest BCUT2D eigenvalue weighted by molar-refractivity contribution is -0.151. The summed E-state index contributed by atoms with van der Waals surface area (Å²) in [4.78, 5) is 41.3. The van der Waals surface area contributed by atoms with E-state index in [1.54, 1.807) is 29.2 Å². The van der Waals surface area contributed by atoms with Crippen LogP contribution in [0.15, 0.2) is 79.9 Å². The van der Waals surface area contributed by atoms with Crippen molar-refractivity contribution in [1.82, 2.24) is 10.2 Å². The lowest BCUT2D eigenvalue weighted by Crippen LogP contribution is -2.50. The molecule has 3 atom stereocenters. The van der Waals surface area contributed by atoms with Gasteiger partial charge in [0.05, 0.1) is 24.5 Å². The lowest BCUT2D eigenvalue weighted by Gasteiger charge is -2.33. The summed E-state index contributed by atoms with van der Waals surface area (Å²) in [6, 6.07) is 14.9. The molecule has 2 rings (SSSR count). The topological polar surface area (TPSA) is 95.9 Å². The molecule has 0 aliphatic carbocycles. The van der Waals surface area contributed by atoms with Gasteiger partial charge in [-0.3, -0.25) is 14.4 Å². The van der Waals surface area contributed by atoms with Crippen molar-refractivity contribution in [1.29, 1.82) is 0 Å². The number of carbonyl (C=O) groups excluding carboxylic acids is 3. The first-order chi connectivity index (χ1) is 20.0. The van der Waals surface area contributed by atoms with Gasteiger partial charge in [-0.2, -0.15) is 0 Å². The first-order valence-corrected chi connectivity index (χ1v) is 14.3. The molecule has 0 aliphatic heterocycles. The van der Waals surface area contributed by atoms with Gasteiger partial charge in [0.25, 0.3) is 0 Å². The number of amides is 2. The Morgan fingerprint density at radius 2 is 1.60 bits per heavy atom. The molecule has 0 saturated carbocycles. The van der Waals surface area contributed by atoms with Crippen molar-refractivity contribution in [3.63, 3.8) is 0 Å². The van der Waals surface area contributed by atoms with E-state index in [1.807, 2.05) is 51.1 Å². The predicted octanol–water partition coefficient (Wildman–Crippen LogP) is 5.24. The number of nitrogens with one attached hydrogen (secondary N) is 1. The maximum Gasteiger partial charge on any atom is 0.309 e. The van der Waals surface area contributed by atoms with E-state index in [2.05, 4.69) is 18.5 Å². The van der Waals surface area contributed by atoms with Gasteiger partial charge in [-0.1, -0.05) is 75.4 Å². The second kappa shape index (κ2) is 17.2. The van der Waals surface area contributed by atoms with Crippen molar-refractivity contribution >= 4 is 17.8 Å². The summed E-state index contributed by atoms with van der Waals surface area (Å²) < 4.78 is 19.0. The molecule has 0 heterocycles. The molecule has 0 spiro atoms. The van der Waals surface area contributed by atoms with E-state index in [9.17, 15) is 23.9 Å². The molecule has 0 radical (unpaired) electrons. The molecule has 0 aromatic heterocycles. The summed E-state index contributed by atoms with van der Waals surface area (Å²) in [5.74, 6) is -2.55. The number of rotatable bonds is 17. The first kappa shape index (κ1) is 34.4. The van der Waals surface area contributed by atoms with Crippen LogP contribution in [-0.2, 0) is 32.1 Å². The number of halogens is 1. The number of carbonyl (C=O) groups is 3. The molecular weight excluding hydrogens is 535 g/mol. The molecule has 7 nitrogen and oxygen atoms in total. The molecule has 0 fully saturated rings. The zero-order valence-corrected chi connectivity index (χ0v) is 25.1. The minimum Gasteiger partial charge on any atom is -0.463 e. The maximum absolute atomic E-state index is 13.5. The van der Waals surface area contributed by atoms with Crippen LogP contribution in [0.2, 0.25) is 0 Å². The second-order valence-corrected chi connectivity index (χ2v) is 11.6. The van der Waals surface area contributed by atoms with E-state index in [0.717, 1.165) is 11.1 Å². The molecule has 228 valence electrons. The highest BCUT2D eigenvalue weighted by atomic mass is 19.1. The fourth-order valence-corrected chi connectivity index (χ4v) is 4.49. The van der Waals surface area contributed by atoms with Crippen molar-refractivity contribution < 1.29 is 28.6 Å². The molecule has 42 heavy (non-hydrogen) atoms. The predicted molar refractivity (Wildman–Crippen MR) is 163 cm³/mol. The smallest absolute Gasteiger partial charge is 0.309 e. The Labute approximate surface area is 249 Å². The fourth-order valence-electron chi connectivity index (χ4n) is 4.49. The van der Waals surface area contributed by atoms with Crippen LogP contribution in [0.4, 0.5) is 4.39 Å². The molecule has 0 unspecified atom stereocenters. The highest BCUT2D eigenvalue weighted by Crippen LogP contribution is 2.23. The lowest BCUT2D eigenvalue weighted by atomic mass is 9.86. The average molecular weight is 581 g/mol. The van der Waals surface area contributed by atoms with E-state index in [0.29, 0.717) is 19.4 Å². The van der Waals surface area contributed by atoms with Crippen LogP contribution < -0.4 is 5.32 Å². The van der Waals surface area contributed by atoms with Crippen LogP contribution in [0.25, 0.3) is 0 Å². The third kappa shape index (κ3) is 11.6. The van der Waals surface area contributed by atoms with E-state index in [1.165, 1.54) is 12.1 Å². The van der Waals surface area contributed by atoms with Crippen LogP contribution in [0, 0.1) is 23.1 Å². The van der Waals surface area contributed by atoms with E-state index in [-0.39, 0.29) is 50.2 Å². The van der Waals surface area contributed by atoms with Gasteiger partial charge >= 0.3 is 5.97 Å². The molecule has 2 aromatic rings. The number of hydrogen-bond donors (Lipinski definition) is 2. The van der Waals surface area contributed by atoms with Gasteiger partial charge in [-0.05, 0) is 47.9 Å². The van der Waals surface area contributed by atoms with E-state index in [4.69, 9.17) is 4.74 Å². The quantitative estimate of drug-likeness (QED) is 0.197. The maximum atomic E-state index is 13.5. The van der Waals surface area contributed by atoms with Crippen LogP contribution in [0.3, 0.4) is 0 Å². The Balaban J connectivity index is 2.08. The van der Waals surface area contributed by atoms with Crippen molar-refractivity contribution in [2.45, 2.75) is 59.0 Å². The largest absolute Gasteiger partial charge is 0.463 e. The Morgan fingerprint density at radius 1 is 0.976 bits per heavy atom. The number of allylic oxidation sites excluding steroid dienone is 2. The number of aliphatic hydroxyl groups excluding tert-OH is 1. The summed E-state index contributed by atoms with van der Waals surface area (Å²) >= 11 is 0. The molecule has 8 heteroatoms. The Morgan fingerprint density at radius 3 is 2.17 bits per heavy atom. The second-order valence-electron chi connectivity index (χ2n) is 11.6. The van der Waals surface area contributed by atoms with Crippen LogP contribution in [0.5, 0.6) is 0 Å². The summed E-state index contributed by atoms with van der Waals surface area (Å²) in [5.41, 5.74) is 1.27. The van der Waals surface area contributed by atoms with Gasteiger partial charge < -0.3 is 20.1 Å². The number of benzene rings is 2. The normalized spacial score (nSPS) is 13.4. The Bertz CT molecular complexity index is 1160. The van der Waals surface area contributed by atoms with E-state index < -0.39 is 29.3 Å². The molecule has 0 aliphatic rings. The summed E-state index contributed by atoms with van der Waals surface area (Å²) in [6.07, 6.45) is 4.24. The standard InChI is InChI=1S/C34H45FN2O5/c1-6-11-27(22-31(39)37(19-20-38)23-26-13-9-8-10-14-26)32(40)36-30(34(3,4)5)24-42-33(41)28(12-7-2)21-25-15-17-29(35)18-16-25/h6-10,13-18,27-28,30,38H,1-2,11-12,19-24H2,3-5H3,(H,36,40)/t27-,28+,30-/m1/s1. The van der Waals surface area contributed by atoms with Crippen molar-refractivity contribution in [3.05, 3.63) is 96.9 Å². The third-order valence-corrected chi connectivity index (χ3v) is 7.12. The van der Waals surface area contributed by atoms with Gasteiger partial charge in [0.15, 0.2) is 0 Å². The summed E-state index contributed by atoms with van der Waals surface area (Å²) in [7, 11) is 0. The van der Waals surface area contributed by atoms with Gasteiger partial charge in [-0.15, -0.1) is 13.2 Å². The number of esters is 1. The van der Waals surface area contributed by atoms with Crippen LogP contribution in [-0.4, -0.2) is 53.6 Å². The fraction of sp³-hybridized carbons (Fsp3) is 0.441. The number of aliphatic hydroxyl groups is 1. The number of nitrogens with zero attached hydrogens (tertiary/aromatic N) is 1. The SMILES string of the molecule is C=CC[C@H](CC(=O)N(CCO)Cc1ccccc1)C(=O)N[C@H](COC(=O)[C@@H](CC=C)Cc1ccc(F)cc1)C(C)(C)C. The molecule has 2 aromatic carbocycles. The Hall–Kier alpha value is -3.78. The van der Waals surface area contributed by atoms with Crippen molar-refractivity contribution in [2.75, 3.05) is 19.8 Å². The summed E-state index contributed by atoms with van der Waals surface area (Å²) in [5, 5.41) is 12.5. The highest BCUT2D eigenvalue weighted by Gasteiger charge is 2.32. The third-order valence-electron chi connectivity index (χ3n) is 7.12. The van der Waals surface area contributed by atoms with Gasteiger partial charge in [0.2, 0.25) is 11.8 Å². The molecule has 0 bridgehead atoms. The van der Waals surface area contributed by atoms with Crippen molar-refractivity contribution in [2.24, 2.45) is 17.3 Å². The number of ether oxygens (including phenoxy) is 1. The molecule has 0 saturated heterocycles. The van der Waals surface area contributed by atoms with Gasteiger partial charge in [0.1, 0.15) is 12.4 Å². The monoisotopic (exact) mass is 580 g/mol. The highest BCUT2D eigenvalue weighted by molar-refractivity contribution is 5.86. The number of hydrogen-bond acceptors (Lipinski definition) is 5. The first-order valence-electron chi connectivity index (χ1n) is 14.3. The summed E-state index contributed by atoms with van der Waals surface area (Å²) in [6.45, 7) is 13.5. The van der Waals surface area contributed by atoms with Gasteiger partial charge in [0, 0.05) is 19.5 Å². The van der Waals surface area contributed by atoms with Crippen LogP contribution in [0.1, 0.15) is 51.2 Å². The minimum absolute atomic E-state index is 0.0511. The molecule has 2 amide bonds. The van der Waals surface area contributed by atoms with Crippen LogP contribution >= 0.6 is 0 Å². The average Bonchev–Trinajstić information content (AvgIpc) is 2.95. The molecular formula is C34H45FN2O5. The zero-order chi connectivity index (χ0) is 31.1. The molecule has 2 N–H and O–H groups in total. The van der Waals surface area contributed by atoms with E-state index >= 15 is 0 Å². The van der Waals surface area contributed by atoms with Crippen molar-refractivity contribution in [3.8, 4) is 0 Å². The van der Waals surface area contributed by atoms with Gasteiger partial charge in [-0.25, -0.2) is 4.39 Å². The minimum atomic E-state index is -0.681. The zero-order valence-electron chi connectivity index (χ0n) is 25.1.